The van der Waals surface area contributed by atoms with Crippen molar-refractivity contribution in [2.24, 2.45) is 0 Å². The highest BCUT2D eigenvalue weighted by molar-refractivity contribution is 14.1. The summed E-state index contributed by atoms with van der Waals surface area (Å²) >= 11 is 2.08. The summed E-state index contributed by atoms with van der Waals surface area (Å²) in [5.41, 5.74) is 0.817. The Bertz CT molecular complexity index is 334. The summed E-state index contributed by atoms with van der Waals surface area (Å²) in [5, 5.41) is 0. The molecule has 0 bridgehead atoms. The maximum atomic E-state index is 13.4. The van der Waals surface area contributed by atoms with E-state index < -0.39 is 0 Å². The summed E-state index contributed by atoms with van der Waals surface area (Å²) in [4.78, 5) is 0. The number of halogens is 2. The van der Waals surface area contributed by atoms with Gasteiger partial charge < -0.3 is 4.74 Å². The SMILES string of the molecule is COc1cc(C2CC2)c(F)cc1I. The topological polar surface area (TPSA) is 9.23 Å². The molecule has 0 aromatic heterocycles. The molecule has 2 rings (SSSR count). The molecule has 1 nitrogen and oxygen atoms in total. The van der Waals surface area contributed by atoms with Gasteiger partial charge in [-0.15, -0.1) is 0 Å². The molecule has 0 heterocycles. The smallest absolute Gasteiger partial charge is 0.132 e. The van der Waals surface area contributed by atoms with Gasteiger partial charge >= 0.3 is 0 Å². The zero-order valence-corrected chi connectivity index (χ0v) is 9.47. The van der Waals surface area contributed by atoms with Crippen LogP contribution in [0.2, 0.25) is 0 Å². The lowest BCUT2D eigenvalue weighted by Crippen LogP contribution is -1.93. The van der Waals surface area contributed by atoms with E-state index in [9.17, 15) is 4.39 Å². The van der Waals surface area contributed by atoms with Crippen molar-refractivity contribution in [3.8, 4) is 5.75 Å². The van der Waals surface area contributed by atoms with Gasteiger partial charge in [0.15, 0.2) is 0 Å². The lowest BCUT2D eigenvalue weighted by atomic mass is 10.1. The maximum absolute atomic E-state index is 13.4. The Labute approximate surface area is 90.4 Å². The summed E-state index contributed by atoms with van der Waals surface area (Å²) in [7, 11) is 1.62. The number of methoxy groups -OCH3 is 1. The van der Waals surface area contributed by atoms with Gasteiger partial charge in [0, 0.05) is 0 Å². The van der Waals surface area contributed by atoms with Gasteiger partial charge in [0.25, 0.3) is 0 Å². The second-order valence-corrected chi connectivity index (χ2v) is 4.44. The number of benzene rings is 1. The van der Waals surface area contributed by atoms with Crippen molar-refractivity contribution in [3.05, 3.63) is 27.1 Å². The van der Waals surface area contributed by atoms with Gasteiger partial charge in [-0.3, -0.25) is 0 Å². The van der Waals surface area contributed by atoms with E-state index in [2.05, 4.69) is 22.6 Å². The van der Waals surface area contributed by atoms with E-state index in [1.807, 2.05) is 6.07 Å². The van der Waals surface area contributed by atoms with Crippen LogP contribution in [0, 0.1) is 9.39 Å². The minimum Gasteiger partial charge on any atom is -0.496 e. The predicted molar refractivity (Wildman–Crippen MR) is 57.6 cm³/mol. The van der Waals surface area contributed by atoms with Crippen molar-refractivity contribution >= 4 is 22.6 Å². The van der Waals surface area contributed by atoms with Crippen molar-refractivity contribution in [1.29, 1.82) is 0 Å². The third-order valence-corrected chi connectivity index (χ3v) is 3.13. The Kier molecular flexibility index (Phi) is 2.45. The van der Waals surface area contributed by atoms with E-state index in [0.717, 1.165) is 27.7 Å². The van der Waals surface area contributed by atoms with Gasteiger partial charge in [-0.1, -0.05) is 0 Å². The fourth-order valence-electron chi connectivity index (χ4n) is 1.41. The van der Waals surface area contributed by atoms with Crippen LogP contribution in [0.4, 0.5) is 4.39 Å². The molecule has 1 aliphatic carbocycles. The molecule has 0 saturated heterocycles. The molecule has 0 N–H and O–H groups in total. The summed E-state index contributed by atoms with van der Waals surface area (Å²) < 4.78 is 19.4. The van der Waals surface area contributed by atoms with Crippen LogP contribution in [0.15, 0.2) is 12.1 Å². The number of hydrogen-bond donors (Lipinski definition) is 0. The average molecular weight is 292 g/mol. The van der Waals surface area contributed by atoms with Gasteiger partial charge in [0.2, 0.25) is 0 Å². The van der Waals surface area contributed by atoms with E-state index in [1.54, 1.807) is 13.2 Å². The van der Waals surface area contributed by atoms with E-state index in [0.29, 0.717) is 5.92 Å². The number of hydrogen-bond acceptors (Lipinski definition) is 1. The van der Waals surface area contributed by atoms with Crippen molar-refractivity contribution in [2.75, 3.05) is 7.11 Å². The Morgan fingerprint density at radius 1 is 1.46 bits per heavy atom. The Balaban J connectivity index is 2.44. The molecule has 13 heavy (non-hydrogen) atoms. The van der Waals surface area contributed by atoms with Crippen LogP contribution < -0.4 is 4.74 Å². The molecule has 1 aliphatic rings. The fraction of sp³-hybridized carbons (Fsp3) is 0.400. The molecule has 0 radical (unpaired) electrons. The normalized spacial score (nSPS) is 15.9. The third kappa shape index (κ3) is 1.80. The van der Waals surface area contributed by atoms with Gasteiger partial charge in [0.05, 0.1) is 10.7 Å². The first-order valence-electron chi connectivity index (χ1n) is 4.25. The number of ether oxygens (including phenoxy) is 1. The third-order valence-electron chi connectivity index (χ3n) is 2.29. The molecular formula is C10H10FIO. The molecule has 3 heteroatoms. The Hall–Kier alpha value is -0.320. The molecule has 0 atom stereocenters. The lowest BCUT2D eigenvalue weighted by molar-refractivity contribution is 0.409. The first kappa shape index (κ1) is 9.24. The zero-order valence-electron chi connectivity index (χ0n) is 7.31. The van der Waals surface area contributed by atoms with Gasteiger partial charge in [-0.25, -0.2) is 4.39 Å². The van der Waals surface area contributed by atoms with Crippen molar-refractivity contribution < 1.29 is 9.13 Å². The molecule has 0 unspecified atom stereocenters. The van der Waals surface area contributed by atoms with Crippen LogP contribution in [-0.2, 0) is 0 Å². The van der Waals surface area contributed by atoms with Gasteiger partial charge in [-0.2, -0.15) is 0 Å². The molecule has 0 spiro atoms. The lowest BCUT2D eigenvalue weighted by Gasteiger charge is -2.07. The van der Waals surface area contributed by atoms with Crippen molar-refractivity contribution in [1.82, 2.24) is 0 Å². The van der Waals surface area contributed by atoms with Crippen LogP contribution in [-0.4, -0.2) is 7.11 Å². The molecule has 1 aromatic carbocycles. The first-order chi connectivity index (χ1) is 6.22. The Morgan fingerprint density at radius 2 is 2.15 bits per heavy atom. The summed E-state index contributed by atoms with van der Waals surface area (Å²) in [5.74, 6) is 1.13. The molecule has 0 amide bonds. The van der Waals surface area contributed by atoms with E-state index in [1.165, 1.54) is 0 Å². The van der Waals surface area contributed by atoms with Crippen molar-refractivity contribution in [2.45, 2.75) is 18.8 Å². The van der Waals surface area contributed by atoms with E-state index in [4.69, 9.17) is 4.74 Å². The molecule has 1 aromatic rings. The molecule has 1 fully saturated rings. The highest BCUT2D eigenvalue weighted by Crippen LogP contribution is 2.43. The molecule has 0 aliphatic heterocycles. The minimum atomic E-state index is -0.0901. The highest BCUT2D eigenvalue weighted by Gasteiger charge is 2.27. The largest absolute Gasteiger partial charge is 0.496 e. The zero-order chi connectivity index (χ0) is 9.42. The highest BCUT2D eigenvalue weighted by atomic mass is 127. The van der Waals surface area contributed by atoms with E-state index in [-0.39, 0.29) is 5.82 Å². The molecule has 70 valence electrons. The quantitative estimate of drug-likeness (QED) is 0.760. The van der Waals surface area contributed by atoms with Crippen LogP contribution in [0.3, 0.4) is 0 Å². The van der Waals surface area contributed by atoms with Gasteiger partial charge in [-0.05, 0) is 59.0 Å². The standard InChI is InChI=1S/C10H10FIO/c1-13-10-4-7(6-2-3-6)8(11)5-9(10)12/h4-6H,2-3H2,1H3. The minimum absolute atomic E-state index is 0.0901. The summed E-state index contributed by atoms with van der Waals surface area (Å²) in [6, 6.07) is 3.38. The fourth-order valence-corrected chi connectivity index (χ4v) is 2.06. The van der Waals surface area contributed by atoms with Crippen LogP contribution in [0.25, 0.3) is 0 Å². The monoisotopic (exact) mass is 292 g/mol. The van der Waals surface area contributed by atoms with Gasteiger partial charge in [0.1, 0.15) is 11.6 Å². The molecule has 1 saturated carbocycles. The average Bonchev–Trinajstić information content (AvgIpc) is 2.88. The second-order valence-electron chi connectivity index (χ2n) is 3.28. The van der Waals surface area contributed by atoms with Crippen LogP contribution in [0.1, 0.15) is 24.3 Å². The summed E-state index contributed by atoms with van der Waals surface area (Å²) in [6.07, 6.45) is 2.22. The Morgan fingerprint density at radius 3 is 2.69 bits per heavy atom. The van der Waals surface area contributed by atoms with Crippen LogP contribution in [0.5, 0.6) is 5.75 Å². The predicted octanol–water partition coefficient (Wildman–Crippen LogP) is 3.32. The molecular weight excluding hydrogens is 282 g/mol. The van der Waals surface area contributed by atoms with Crippen molar-refractivity contribution in [3.63, 3.8) is 0 Å². The first-order valence-corrected chi connectivity index (χ1v) is 5.33. The number of rotatable bonds is 2. The van der Waals surface area contributed by atoms with E-state index >= 15 is 0 Å². The maximum Gasteiger partial charge on any atom is 0.132 e. The second kappa shape index (κ2) is 3.44. The van der Waals surface area contributed by atoms with Crippen LogP contribution >= 0.6 is 22.6 Å². The summed E-state index contributed by atoms with van der Waals surface area (Å²) in [6.45, 7) is 0.